The van der Waals surface area contributed by atoms with Crippen LogP contribution in [-0.2, 0) is 4.74 Å². The Kier molecular flexibility index (Phi) is 4.11. The minimum absolute atomic E-state index is 0.277. The molecule has 0 bridgehead atoms. The van der Waals surface area contributed by atoms with E-state index in [9.17, 15) is 9.82 Å². The number of ether oxygens (including phenoxy) is 1. The molecule has 24 heavy (non-hydrogen) atoms. The molecule has 0 spiro atoms. The van der Waals surface area contributed by atoms with Crippen molar-refractivity contribution in [1.82, 2.24) is 14.5 Å². The van der Waals surface area contributed by atoms with Crippen LogP contribution in [0.4, 0.5) is 4.79 Å². The molecule has 0 aromatic carbocycles. The van der Waals surface area contributed by atoms with Crippen LogP contribution in [0.5, 0.6) is 0 Å². The summed E-state index contributed by atoms with van der Waals surface area (Å²) in [4.78, 5) is 20.9. The Balaban J connectivity index is 2.19. The number of nitrogens with zero attached hydrogens (tertiary/aromatic N) is 3. The molecule has 3 rings (SSSR count). The second-order valence-electron chi connectivity index (χ2n) is 6.47. The van der Waals surface area contributed by atoms with E-state index in [-0.39, 0.29) is 7.48 Å². The van der Waals surface area contributed by atoms with Gasteiger partial charge in [0.15, 0.2) is 0 Å². The zero-order chi connectivity index (χ0) is 17.3. The summed E-state index contributed by atoms with van der Waals surface area (Å²) in [5, 5.41) is 10.5. The van der Waals surface area contributed by atoms with E-state index in [4.69, 9.17) is 4.74 Å². The largest absolute Gasteiger partial charge is 0.448 e. The molecule has 0 aliphatic carbocycles. The average molecular weight is 323 g/mol. The van der Waals surface area contributed by atoms with E-state index < -0.39 is 11.7 Å². The lowest BCUT2D eigenvalue weighted by Crippen LogP contribution is -2.34. The second kappa shape index (κ2) is 6.09. The number of carbonyl (C=O) groups is 1. The van der Waals surface area contributed by atoms with Crippen molar-refractivity contribution < 1.29 is 14.6 Å². The van der Waals surface area contributed by atoms with Gasteiger partial charge >= 0.3 is 13.6 Å². The van der Waals surface area contributed by atoms with Crippen LogP contribution in [0.25, 0.3) is 22.0 Å². The normalized spacial score (nSPS) is 11.5. The molecule has 7 heteroatoms. The molecule has 3 aromatic rings. The lowest BCUT2D eigenvalue weighted by molar-refractivity contribution is 0.0549. The third-order valence-corrected chi connectivity index (χ3v) is 3.52. The molecule has 6 nitrogen and oxygen atoms in total. The molecule has 0 saturated heterocycles. The molecule has 0 fully saturated rings. The Labute approximate surface area is 140 Å². The third-order valence-electron chi connectivity index (χ3n) is 3.52. The number of carbonyl (C=O) groups excluding carboxylic acids is 1. The van der Waals surface area contributed by atoms with E-state index in [1.165, 1.54) is 4.57 Å². The highest BCUT2D eigenvalue weighted by Gasteiger charge is 2.23. The number of hydrogen-bond donors (Lipinski definition) is 1. The summed E-state index contributed by atoms with van der Waals surface area (Å²) < 4.78 is 6.82. The third kappa shape index (κ3) is 3.03. The van der Waals surface area contributed by atoms with Gasteiger partial charge in [0.05, 0.1) is 11.7 Å². The van der Waals surface area contributed by atoms with Gasteiger partial charge in [-0.3, -0.25) is 14.5 Å². The van der Waals surface area contributed by atoms with Crippen LogP contribution >= 0.6 is 0 Å². The number of pyridine rings is 2. The van der Waals surface area contributed by atoms with E-state index in [0.29, 0.717) is 11.1 Å². The van der Waals surface area contributed by atoms with Crippen LogP contribution in [-0.4, -0.2) is 38.7 Å². The van der Waals surface area contributed by atoms with Crippen LogP contribution in [0.15, 0.2) is 43.0 Å². The molecule has 0 saturated carbocycles. The van der Waals surface area contributed by atoms with Crippen LogP contribution in [0.1, 0.15) is 20.8 Å². The summed E-state index contributed by atoms with van der Waals surface area (Å²) in [6.07, 6.45) is 6.21. The SMILES string of the molecule is CC(C)(C)OC(=O)n1c(BO)cc2c(-c3cccnc3)cncc21. The van der Waals surface area contributed by atoms with E-state index in [1.807, 2.05) is 12.1 Å². The molecule has 122 valence electrons. The minimum Gasteiger partial charge on any atom is -0.448 e. The summed E-state index contributed by atoms with van der Waals surface area (Å²) >= 11 is 0. The molecule has 3 heterocycles. The summed E-state index contributed by atoms with van der Waals surface area (Å²) in [7, 11) is -0.277. The van der Waals surface area contributed by atoms with Crippen molar-refractivity contribution in [3.63, 3.8) is 0 Å². The maximum absolute atomic E-state index is 12.6. The molecule has 0 atom stereocenters. The summed E-state index contributed by atoms with van der Waals surface area (Å²) in [6.45, 7) is 5.40. The average Bonchev–Trinajstić information content (AvgIpc) is 2.92. The summed E-state index contributed by atoms with van der Waals surface area (Å²) in [5.41, 5.74) is 2.15. The Morgan fingerprint density at radius 2 is 2.04 bits per heavy atom. The molecule has 0 radical (unpaired) electrons. The minimum atomic E-state index is -0.630. The van der Waals surface area contributed by atoms with E-state index >= 15 is 0 Å². The number of rotatable bonds is 2. The van der Waals surface area contributed by atoms with Gasteiger partial charge in [0.25, 0.3) is 0 Å². The van der Waals surface area contributed by atoms with Crippen LogP contribution in [0.3, 0.4) is 0 Å². The highest BCUT2D eigenvalue weighted by atomic mass is 16.6. The van der Waals surface area contributed by atoms with Crippen LogP contribution in [0, 0.1) is 0 Å². The van der Waals surface area contributed by atoms with E-state index in [1.54, 1.807) is 51.6 Å². The van der Waals surface area contributed by atoms with Crippen LogP contribution < -0.4 is 5.59 Å². The molecule has 0 unspecified atom stereocenters. The fourth-order valence-corrected chi connectivity index (χ4v) is 2.57. The van der Waals surface area contributed by atoms with Gasteiger partial charge in [-0.2, -0.15) is 0 Å². The summed E-state index contributed by atoms with van der Waals surface area (Å²) in [6, 6.07) is 5.54. The Bertz CT molecular complexity index is 885. The fourth-order valence-electron chi connectivity index (χ4n) is 2.57. The first-order chi connectivity index (χ1) is 11.4. The van der Waals surface area contributed by atoms with Crippen molar-refractivity contribution in [3.8, 4) is 11.1 Å². The highest BCUT2D eigenvalue weighted by molar-refractivity contribution is 6.46. The first-order valence-corrected chi connectivity index (χ1v) is 7.63. The predicted molar refractivity (Wildman–Crippen MR) is 93.6 cm³/mol. The standard InChI is InChI=1S/C17H18BN3O3/c1-17(2,3)24-16(22)21-14-10-20-9-13(11-5-4-6-19-8-11)12(14)7-15(21)18-23/h4-10,18,23H,1-3H3. The van der Waals surface area contributed by atoms with Crippen molar-refractivity contribution in [2.75, 3.05) is 0 Å². The number of aromatic nitrogens is 3. The lowest BCUT2D eigenvalue weighted by Gasteiger charge is -2.20. The van der Waals surface area contributed by atoms with Gasteiger partial charge < -0.3 is 9.76 Å². The van der Waals surface area contributed by atoms with Gasteiger partial charge in [0.1, 0.15) is 5.60 Å². The van der Waals surface area contributed by atoms with Gasteiger partial charge in [-0.15, -0.1) is 0 Å². The lowest BCUT2D eigenvalue weighted by atomic mass is 9.95. The number of hydrogen-bond acceptors (Lipinski definition) is 5. The van der Waals surface area contributed by atoms with Crippen molar-refractivity contribution in [3.05, 3.63) is 43.0 Å². The molecule has 3 aromatic heterocycles. The smallest absolute Gasteiger partial charge is 0.418 e. The monoisotopic (exact) mass is 323 g/mol. The maximum Gasteiger partial charge on any atom is 0.418 e. The molecule has 1 N–H and O–H groups in total. The fraction of sp³-hybridized carbons (Fsp3) is 0.235. The second-order valence-corrected chi connectivity index (χ2v) is 6.47. The first kappa shape index (κ1) is 16.2. The zero-order valence-electron chi connectivity index (χ0n) is 13.9. The van der Waals surface area contributed by atoms with Crippen molar-refractivity contribution in [1.29, 1.82) is 0 Å². The van der Waals surface area contributed by atoms with Crippen LogP contribution in [0.2, 0.25) is 0 Å². The molecule has 0 aliphatic heterocycles. The van der Waals surface area contributed by atoms with Gasteiger partial charge in [-0.05, 0) is 32.9 Å². The summed E-state index contributed by atoms with van der Waals surface area (Å²) in [5.74, 6) is 0. The molecule has 0 amide bonds. The topological polar surface area (TPSA) is 77.2 Å². The Morgan fingerprint density at radius 1 is 1.25 bits per heavy atom. The van der Waals surface area contributed by atoms with Crippen molar-refractivity contribution in [2.24, 2.45) is 0 Å². The molecular weight excluding hydrogens is 305 g/mol. The highest BCUT2D eigenvalue weighted by Crippen LogP contribution is 2.27. The Morgan fingerprint density at radius 3 is 2.67 bits per heavy atom. The quantitative estimate of drug-likeness (QED) is 0.728. The van der Waals surface area contributed by atoms with Gasteiger partial charge in [-0.1, -0.05) is 6.07 Å². The van der Waals surface area contributed by atoms with Gasteiger partial charge in [-0.25, -0.2) is 4.79 Å². The first-order valence-electron chi connectivity index (χ1n) is 7.63. The zero-order valence-corrected chi connectivity index (χ0v) is 13.9. The van der Waals surface area contributed by atoms with E-state index in [2.05, 4.69) is 9.97 Å². The Hall–Kier alpha value is -2.67. The van der Waals surface area contributed by atoms with E-state index in [0.717, 1.165) is 16.5 Å². The van der Waals surface area contributed by atoms with Crippen molar-refractivity contribution in [2.45, 2.75) is 26.4 Å². The predicted octanol–water partition coefficient (Wildman–Crippen LogP) is 1.85. The van der Waals surface area contributed by atoms with Gasteiger partial charge in [0, 0.05) is 40.7 Å². The molecular formula is C17H18BN3O3. The van der Waals surface area contributed by atoms with Crippen molar-refractivity contribution >= 4 is 30.1 Å². The maximum atomic E-state index is 12.6. The number of fused-ring (bicyclic) bond motifs is 1. The van der Waals surface area contributed by atoms with Gasteiger partial charge in [0.2, 0.25) is 0 Å². The molecule has 0 aliphatic rings.